The van der Waals surface area contributed by atoms with Gasteiger partial charge in [-0.3, -0.25) is 14.6 Å². The molecule has 2 atom stereocenters. The normalized spacial score (nSPS) is 19.0. The third kappa shape index (κ3) is 4.20. The fraction of sp³-hybridized carbons (Fsp3) is 0.250. The number of carbonyl (C=O) groups is 2. The van der Waals surface area contributed by atoms with Crippen LogP contribution in [0.1, 0.15) is 37.4 Å². The van der Waals surface area contributed by atoms with Gasteiger partial charge >= 0.3 is 7.12 Å². The molecule has 5 nitrogen and oxygen atoms in total. The van der Waals surface area contributed by atoms with Crippen molar-refractivity contribution < 1.29 is 18.9 Å². The van der Waals surface area contributed by atoms with Crippen molar-refractivity contribution in [1.82, 2.24) is 0 Å². The number of carbonyl (C=O) groups excluding carboxylic acids is 2. The maximum Gasteiger partial charge on any atom is 0.637 e. The number of hydrogen-bond donors (Lipinski definition) is 0. The molecule has 0 radical (unpaired) electrons. The van der Waals surface area contributed by atoms with Gasteiger partial charge in [-0.05, 0) is 18.1 Å². The van der Waals surface area contributed by atoms with E-state index in [1.165, 1.54) is 0 Å². The van der Waals surface area contributed by atoms with Crippen LogP contribution in [-0.4, -0.2) is 25.3 Å². The van der Waals surface area contributed by atoms with Crippen LogP contribution in [0.25, 0.3) is 0 Å². The summed E-state index contributed by atoms with van der Waals surface area (Å²) in [6.07, 6.45) is 1.75. The lowest BCUT2D eigenvalue weighted by Gasteiger charge is -2.13. The second-order valence-corrected chi connectivity index (χ2v) is 6.36. The first-order valence-corrected chi connectivity index (χ1v) is 8.61. The molecule has 0 spiro atoms. The fourth-order valence-electron chi connectivity index (χ4n) is 2.73. The van der Waals surface area contributed by atoms with Gasteiger partial charge in [-0.2, -0.15) is 0 Å². The molecule has 0 bridgehead atoms. The molecule has 0 amide bonds. The van der Waals surface area contributed by atoms with Crippen molar-refractivity contribution in [1.29, 1.82) is 0 Å². The SMILES string of the molecule is C[C@H]1CC(=O)OB(c2ccccc2C=N[C@H](C)c2ccccc2)OC1=O. The first-order chi connectivity index (χ1) is 12.5. The Balaban J connectivity index is 1.85. The monoisotopic (exact) mass is 349 g/mol. The average Bonchev–Trinajstić information content (AvgIpc) is 2.78. The highest BCUT2D eigenvalue weighted by Crippen LogP contribution is 2.16. The number of benzene rings is 2. The Kier molecular flexibility index (Phi) is 5.51. The summed E-state index contributed by atoms with van der Waals surface area (Å²) in [5, 5.41) is 0. The molecule has 26 heavy (non-hydrogen) atoms. The highest BCUT2D eigenvalue weighted by molar-refractivity contribution is 6.65. The summed E-state index contributed by atoms with van der Waals surface area (Å²) in [6.45, 7) is 3.66. The van der Waals surface area contributed by atoms with Crippen molar-refractivity contribution >= 4 is 30.7 Å². The Morgan fingerprint density at radius 1 is 1.08 bits per heavy atom. The summed E-state index contributed by atoms with van der Waals surface area (Å²) in [4.78, 5) is 28.5. The molecule has 0 aromatic heterocycles. The Bertz CT molecular complexity index is 822. The zero-order valence-corrected chi connectivity index (χ0v) is 14.8. The Morgan fingerprint density at radius 3 is 2.54 bits per heavy atom. The fourth-order valence-corrected chi connectivity index (χ4v) is 2.73. The van der Waals surface area contributed by atoms with E-state index in [1.54, 1.807) is 19.2 Å². The van der Waals surface area contributed by atoms with Crippen molar-refractivity contribution in [2.75, 3.05) is 0 Å². The van der Waals surface area contributed by atoms with E-state index in [9.17, 15) is 9.59 Å². The van der Waals surface area contributed by atoms with Crippen LogP contribution in [0.3, 0.4) is 0 Å². The minimum absolute atomic E-state index is 0.0244. The molecule has 0 aliphatic carbocycles. The highest BCUT2D eigenvalue weighted by Gasteiger charge is 2.38. The molecule has 6 heteroatoms. The van der Waals surface area contributed by atoms with Crippen molar-refractivity contribution in [3.05, 3.63) is 65.7 Å². The number of hydrogen-bond acceptors (Lipinski definition) is 5. The minimum atomic E-state index is -1.05. The Morgan fingerprint density at radius 2 is 1.77 bits per heavy atom. The van der Waals surface area contributed by atoms with Crippen LogP contribution < -0.4 is 5.46 Å². The minimum Gasteiger partial charge on any atom is -0.495 e. The summed E-state index contributed by atoms with van der Waals surface area (Å²) in [6, 6.07) is 17.2. The van der Waals surface area contributed by atoms with Gasteiger partial charge in [-0.1, -0.05) is 61.5 Å². The molecule has 0 N–H and O–H groups in total. The molecule has 1 saturated heterocycles. The van der Waals surface area contributed by atoms with Gasteiger partial charge in [0.25, 0.3) is 11.9 Å². The average molecular weight is 349 g/mol. The van der Waals surface area contributed by atoms with E-state index in [4.69, 9.17) is 9.31 Å². The van der Waals surface area contributed by atoms with Gasteiger partial charge in [-0.15, -0.1) is 0 Å². The van der Waals surface area contributed by atoms with Crippen molar-refractivity contribution in [2.45, 2.75) is 26.3 Å². The first kappa shape index (κ1) is 17.9. The summed E-state index contributed by atoms with van der Waals surface area (Å²) in [7, 11) is -1.05. The van der Waals surface area contributed by atoms with Gasteiger partial charge in [0, 0.05) is 11.7 Å². The lowest BCUT2D eigenvalue weighted by molar-refractivity contribution is -0.139. The predicted octanol–water partition coefficient (Wildman–Crippen LogP) is 2.69. The Labute approximate surface area is 153 Å². The van der Waals surface area contributed by atoms with Gasteiger partial charge in [0.15, 0.2) is 0 Å². The molecule has 2 aromatic carbocycles. The van der Waals surface area contributed by atoms with Crippen LogP contribution in [0.5, 0.6) is 0 Å². The lowest BCUT2D eigenvalue weighted by atomic mass is 9.76. The third-order valence-electron chi connectivity index (χ3n) is 4.31. The largest absolute Gasteiger partial charge is 0.637 e. The molecule has 3 rings (SSSR count). The van der Waals surface area contributed by atoms with Crippen LogP contribution in [0.15, 0.2) is 59.6 Å². The second kappa shape index (κ2) is 8.00. The molecule has 1 fully saturated rings. The smallest absolute Gasteiger partial charge is 0.495 e. The van der Waals surface area contributed by atoms with E-state index in [1.807, 2.05) is 55.5 Å². The molecule has 1 aliphatic rings. The molecule has 1 aliphatic heterocycles. The molecule has 132 valence electrons. The molecule has 0 unspecified atom stereocenters. The van der Waals surface area contributed by atoms with Gasteiger partial charge in [0.2, 0.25) is 0 Å². The van der Waals surface area contributed by atoms with Gasteiger partial charge in [0.1, 0.15) is 0 Å². The summed E-state index contributed by atoms with van der Waals surface area (Å²) < 4.78 is 10.7. The zero-order chi connectivity index (χ0) is 18.5. The summed E-state index contributed by atoms with van der Waals surface area (Å²) >= 11 is 0. The van der Waals surface area contributed by atoms with E-state index in [0.29, 0.717) is 5.46 Å². The molecule has 0 saturated carbocycles. The number of nitrogens with zero attached hydrogens (tertiary/aromatic N) is 1. The van der Waals surface area contributed by atoms with Gasteiger partial charge in [0.05, 0.1) is 18.4 Å². The van der Waals surface area contributed by atoms with Crippen LogP contribution in [0.2, 0.25) is 0 Å². The predicted molar refractivity (Wildman–Crippen MR) is 100 cm³/mol. The van der Waals surface area contributed by atoms with Crippen LogP contribution in [-0.2, 0) is 18.9 Å². The van der Waals surface area contributed by atoms with E-state index in [0.717, 1.165) is 11.1 Å². The highest BCUT2D eigenvalue weighted by atomic mass is 16.6. The maximum atomic E-state index is 12.0. The lowest BCUT2D eigenvalue weighted by Crippen LogP contribution is -2.41. The van der Waals surface area contributed by atoms with Crippen molar-refractivity contribution in [3.8, 4) is 0 Å². The van der Waals surface area contributed by atoms with Crippen molar-refractivity contribution in [2.24, 2.45) is 10.9 Å². The van der Waals surface area contributed by atoms with E-state index >= 15 is 0 Å². The first-order valence-electron chi connectivity index (χ1n) is 8.61. The van der Waals surface area contributed by atoms with E-state index in [-0.39, 0.29) is 12.5 Å². The van der Waals surface area contributed by atoms with Gasteiger partial charge < -0.3 is 9.31 Å². The van der Waals surface area contributed by atoms with Gasteiger partial charge in [-0.25, -0.2) is 0 Å². The maximum absolute atomic E-state index is 12.0. The number of aliphatic imine (C=N–C) groups is 1. The molecule has 2 aromatic rings. The second-order valence-electron chi connectivity index (χ2n) is 6.36. The van der Waals surface area contributed by atoms with Crippen molar-refractivity contribution in [3.63, 3.8) is 0 Å². The van der Waals surface area contributed by atoms with E-state index in [2.05, 4.69) is 4.99 Å². The standard InChI is InChI=1S/C20H20BNO4/c1-14-12-19(23)25-21(26-20(14)24)18-11-7-6-10-17(18)13-22-15(2)16-8-4-3-5-9-16/h3-11,13-15H,12H2,1-2H3/t14-,15+/m0/s1. The number of rotatable bonds is 4. The molecular weight excluding hydrogens is 329 g/mol. The molecular formula is C20H20BNO4. The summed E-state index contributed by atoms with van der Waals surface area (Å²) in [5.74, 6) is -1.39. The third-order valence-corrected chi connectivity index (χ3v) is 4.31. The van der Waals surface area contributed by atoms with Crippen LogP contribution in [0, 0.1) is 5.92 Å². The quantitative estimate of drug-likeness (QED) is 0.629. The topological polar surface area (TPSA) is 65.0 Å². The summed E-state index contributed by atoms with van der Waals surface area (Å²) in [5.41, 5.74) is 2.45. The Hall–Kier alpha value is -2.89. The van der Waals surface area contributed by atoms with Crippen LogP contribution >= 0.6 is 0 Å². The van der Waals surface area contributed by atoms with Crippen LogP contribution in [0.4, 0.5) is 0 Å². The molecule has 1 heterocycles. The van der Waals surface area contributed by atoms with E-state index < -0.39 is 25.0 Å². The zero-order valence-electron chi connectivity index (χ0n) is 14.8.